The van der Waals surface area contributed by atoms with E-state index in [1.807, 2.05) is 18.2 Å². The largest absolute Gasteiger partial charge is 0.385 e. The van der Waals surface area contributed by atoms with E-state index in [2.05, 4.69) is 10.0 Å². The Morgan fingerprint density at radius 3 is 2.46 bits per heavy atom. The van der Waals surface area contributed by atoms with Gasteiger partial charge in [0.1, 0.15) is 0 Å². The van der Waals surface area contributed by atoms with Gasteiger partial charge in [-0.3, -0.25) is 4.79 Å². The molecule has 0 aliphatic carbocycles. The van der Waals surface area contributed by atoms with Crippen LogP contribution in [-0.2, 0) is 21.3 Å². The van der Waals surface area contributed by atoms with Crippen molar-refractivity contribution in [2.45, 2.75) is 17.9 Å². The SMILES string of the molecule is COCCCNS(=O)(=O)c1ccc(C(=O)NCc2ccccc2Cl)cc1. The van der Waals surface area contributed by atoms with E-state index in [0.29, 0.717) is 30.2 Å². The number of methoxy groups -OCH3 is 1. The Morgan fingerprint density at radius 2 is 1.81 bits per heavy atom. The van der Waals surface area contributed by atoms with Crippen molar-refractivity contribution in [3.05, 3.63) is 64.7 Å². The summed E-state index contributed by atoms with van der Waals surface area (Å²) in [5.41, 5.74) is 1.18. The average molecular weight is 397 g/mol. The lowest BCUT2D eigenvalue weighted by molar-refractivity contribution is 0.0951. The van der Waals surface area contributed by atoms with Crippen molar-refractivity contribution in [1.82, 2.24) is 10.0 Å². The zero-order chi connectivity index (χ0) is 19.0. The maximum absolute atomic E-state index is 12.2. The number of halogens is 1. The Bertz CT molecular complexity index is 839. The Kier molecular flexibility index (Phi) is 7.59. The summed E-state index contributed by atoms with van der Waals surface area (Å²) >= 11 is 6.05. The monoisotopic (exact) mass is 396 g/mol. The lowest BCUT2D eigenvalue weighted by atomic mass is 10.2. The van der Waals surface area contributed by atoms with Crippen molar-refractivity contribution < 1.29 is 17.9 Å². The molecule has 0 bridgehead atoms. The first-order valence-corrected chi connectivity index (χ1v) is 9.90. The number of carbonyl (C=O) groups excluding carboxylic acids is 1. The van der Waals surface area contributed by atoms with E-state index in [1.165, 1.54) is 24.3 Å². The van der Waals surface area contributed by atoms with E-state index >= 15 is 0 Å². The molecule has 0 spiro atoms. The standard InChI is InChI=1S/C18H21ClN2O4S/c1-25-12-4-11-21-26(23,24)16-9-7-14(8-10-16)18(22)20-13-15-5-2-3-6-17(15)19/h2-3,5-10,21H,4,11-13H2,1H3,(H,20,22). The number of sulfonamides is 1. The molecule has 0 aromatic heterocycles. The molecule has 2 rings (SSSR count). The summed E-state index contributed by atoms with van der Waals surface area (Å²) in [4.78, 5) is 12.3. The fraction of sp³-hybridized carbons (Fsp3) is 0.278. The van der Waals surface area contributed by atoms with Crippen LogP contribution in [0.4, 0.5) is 0 Å². The molecule has 0 aliphatic heterocycles. The zero-order valence-corrected chi connectivity index (χ0v) is 15.9. The number of benzene rings is 2. The van der Waals surface area contributed by atoms with Gasteiger partial charge in [0, 0.05) is 37.4 Å². The first-order chi connectivity index (χ1) is 12.4. The highest BCUT2D eigenvalue weighted by atomic mass is 35.5. The van der Waals surface area contributed by atoms with E-state index in [4.69, 9.17) is 16.3 Å². The Hall–Kier alpha value is -1.93. The number of nitrogens with one attached hydrogen (secondary N) is 2. The topological polar surface area (TPSA) is 84.5 Å². The predicted molar refractivity (Wildman–Crippen MR) is 101 cm³/mol. The molecule has 140 valence electrons. The molecule has 0 aliphatic rings. The molecule has 0 unspecified atom stereocenters. The summed E-state index contributed by atoms with van der Waals surface area (Å²) in [6.45, 7) is 1.06. The summed E-state index contributed by atoms with van der Waals surface area (Å²) < 4.78 is 31.7. The van der Waals surface area contributed by atoms with Crippen molar-refractivity contribution in [2.24, 2.45) is 0 Å². The van der Waals surface area contributed by atoms with E-state index < -0.39 is 10.0 Å². The van der Waals surface area contributed by atoms with Crippen LogP contribution in [-0.4, -0.2) is 34.6 Å². The molecule has 0 heterocycles. The fourth-order valence-corrected chi connectivity index (χ4v) is 3.49. The second kappa shape index (κ2) is 9.68. The van der Waals surface area contributed by atoms with Crippen LogP contribution in [0, 0.1) is 0 Å². The predicted octanol–water partition coefficient (Wildman–Crippen LogP) is 2.58. The number of carbonyl (C=O) groups is 1. The van der Waals surface area contributed by atoms with Crippen molar-refractivity contribution in [2.75, 3.05) is 20.3 Å². The molecule has 2 aromatic carbocycles. The lowest BCUT2D eigenvalue weighted by Crippen LogP contribution is -2.26. The second-order valence-corrected chi connectivity index (χ2v) is 7.72. The zero-order valence-electron chi connectivity index (χ0n) is 14.4. The molecule has 0 radical (unpaired) electrons. The number of hydrogen-bond acceptors (Lipinski definition) is 4. The third-order valence-corrected chi connectivity index (χ3v) is 5.49. The van der Waals surface area contributed by atoms with Gasteiger partial charge in [-0.1, -0.05) is 29.8 Å². The minimum absolute atomic E-state index is 0.109. The third kappa shape index (κ3) is 5.81. The quantitative estimate of drug-likeness (QED) is 0.638. The Morgan fingerprint density at radius 1 is 1.12 bits per heavy atom. The van der Waals surface area contributed by atoms with Crippen LogP contribution in [0.5, 0.6) is 0 Å². The van der Waals surface area contributed by atoms with E-state index in [0.717, 1.165) is 5.56 Å². The van der Waals surface area contributed by atoms with E-state index in [1.54, 1.807) is 13.2 Å². The molecule has 0 saturated carbocycles. The second-order valence-electron chi connectivity index (χ2n) is 5.54. The molecule has 0 saturated heterocycles. The molecular formula is C18H21ClN2O4S. The van der Waals surface area contributed by atoms with Gasteiger partial charge >= 0.3 is 0 Å². The van der Waals surface area contributed by atoms with Gasteiger partial charge in [0.25, 0.3) is 5.91 Å². The third-order valence-electron chi connectivity index (χ3n) is 3.64. The number of hydrogen-bond donors (Lipinski definition) is 2. The van der Waals surface area contributed by atoms with Crippen molar-refractivity contribution in [1.29, 1.82) is 0 Å². The summed E-state index contributed by atoms with van der Waals surface area (Å²) in [6, 6.07) is 13.0. The summed E-state index contributed by atoms with van der Waals surface area (Å²) in [7, 11) is -2.04. The molecule has 2 N–H and O–H groups in total. The van der Waals surface area contributed by atoms with Crippen molar-refractivity contribution in [3.63, 3.8) is 0 Å². The lowest BCUT2D eigenvalue weighted by Gasteiger charge is -2.09. The van der Waals surface area contributed by atoms with Crippen molar-refractivity contribution in [3.8, 4) is 0 Å². The highest BCUT2D eigenvalue weighted by molar-refractivity contribution is 7.89. The van der Waals surface area contributed by atoms with Crippen LogP contribution in [0.15, 0.2) is 53.4 Å². The summed E-state index contributed by atoms with van der Waals surface area (Å²) in [6.07, 6.45) is 0.582. The number of amides is 1. The first kappa shape index (κ1) is 20.4. The molecule has 6 nitrogen and oxygen atoms in total. The van der Waals surface area contributed by atoms with Gasteiger partial charge in [-0.2, -0.15) is 0 Å². The van der Waals surface area contributed by atoms with E-state index in [9.17, 15) is 13.2 Å². The Balaban J connectivity index is 1.95. The van der Waals surface area contributed by atoms with Crippen molar-refractivity contribution >= 4 is 27.5 Å². The maximum Gasteiger partial charge on any atom is 0.251 e. The number of ether oxygens (including phenoxy) is 1. The van der Waals surface area contributed by atoms with E-state index in [-0.39, 0.29) is 17.3 Å². The van der Waals surface area contributed by atoms with Crippen LogP contribution in [0.3, 0.4) is 0 Å². The highest BCUT2D eigenvalue weighted by Gasteiger charge is 2.14. The highest BCUT2D eigenvalue weighted by Crippen LogP contribution is 2.15. The number of rotatable bonds is 9. The summed E-state index contributed by atoms with van der Waals surface area (Å²) in [5, 5.41) is 3.34. The van der Waals surface area contributed by atoms with Gasteiger partial charge in [0.05, 0.1) is 4.90 Å². The Labute approximate surface area is 158 Å². The summed E-state index contributed by atoms with van der Waals surface area (Å²) in [5.74, 6) is -0.304. The molecule has 0 atom stereocenters. The maximum atomic E-state index is 12.2. The van der Waals surface area contributed by atoms with Gasteiger partial charge in [0.15, 0.2) is 0 Å². The van der Waals surface area contributed by atoms with Crippen LogP contribution >= 0.6 is 11.6 Å². The fourth-order valence-electron chi connectivity index (χ4n) is 2.21. The minimum atomic E-state index is -3.60. The van der Waals surface area contributed by atoms with Gasteiger partial charge in [-0.25, -0.2) is 13.1 Å². The molecule has 26 heavy (non-hydrogen) atoms. The van der Waals surface area contributed by atoms with Gasteiger partial charge in [0.2, 0.25) is 10.0 Å². The van der Waals surface area contributed by atoms with Crippen LogP contribution in [0.2, 0.25) is 5.02 Å². The first-order valence-electron chi connectivity index (χ1n) is 8.04. The van der Waals surface area contributed by atoms with Crippen LogP contribution in [0.1, 0.15) is 22.3 Å². The molecule has 8 heteroatoms. The molecule has 2 aromatic rings. The normalized spacial score (nSPS) is 11.3. The van der Waals surface area contributed by atoms with Gasteiger partial charge < -0.3 is 10.1 Å². The minimum Gasteiger partial charge on any atom is -0.385 e. The van der Waals surface area contributed by atoms with Crippen LogP contribution < -0.4 is 10.0 Å². The molecular weight excluding hydrogens is 376 g/mol. The smallest absolute Gasteiger partial charge is 0.251 e. The molecule has 0 fully saturated rings. The van der Waals surface area contributed by atoms with Gasteiger partial charge in [-0.15, -0.1) is 0 Å². The molecule has 1 amide bonds. The van der Waals surface area contributed by atoms with Gasteiger partial charge in [-0.05, 0) is 42.3 Å². The average Bonchev–Trinajstić information content (AvgIpc) is 2.64. The van der Waals surface area contributed by atoms with Crippen LogP contribution in [0.25, 0.3) is 0 Å².